The van der Waals surface area contributed by atoms with E-state index in [1.807, 2.05) is 18.2 Å². The van der Waals surface area contributed by atoms with Crippen LogP contribution in [0.3, 0.4) is 0 Å². The maximum atomic E-state index is 12.3. The highest BCUT2D eigenvalue weighted by Crippen LogP contribution is 2.33. The summed E-state index contributed by atoms with van der Waals surface area (Å²) in [5.74, 6) is 1.01. The lowest BCUT2D eigenvalue weighted by Crippen LogP contribution is -2.15. The molecule has 1 aromatic heterocycles. The number of halogens is 2. The minimum absolute atomic E-state index is 0.207. The Bertz CT molecular complexity index is 1050. The summed E-state index contributed by atoms with van der Waals surface area (Å²) in [6, 6.07) is 12.3. The molecular formula is C19H13Cl2N3O3S. The Morgan fingerprint density at radius 2 is 1.75 bits per heavy atom. The minimum atomic E-state index is -0.366. The predicted molar refractivity (Wildman–Crippen MR) is 110 cm³/mol. The van der Waals surface area contributed by atoms with Gasteiger partial charge in [0.25, 0.3) is 5.91 Å². The van der Waals surface area contributed by atoms with Gasteiger partial charge in [0, 0.05) is 10.7 Å². The molecule has 28 heavy (non-hydrogen) atoms. The van der Waals surface area contributed by atoms with E-state index in [1.165, 1.54) is 0 Å². The molecule has 4 rings (SSSR count). The first-order chi connectivity index (χ1) is 13.6. The van der Waals surface area contributed by atoms with Crippen molar-refractivity contribution < 1.29 is 14.3 Å². The van der Waals surface area contributed by atoms with Crippen molar-refractivity contribution in [3.63, 3.8) is 0 Å². The Balaban J connectivity index is 1.49. The van der Waals surface area contributed by atoms with Gasteiger partial charge in [0.1, 0.15) is 13.2 Å². The molecule has 0 radical (unpaired) electrons. The molecule has 0 spiro atoms. The number of carbonyl (C=O) groups is 1. The Kier molecular flexibility index (Phi) is 5.47. The summed E-state index contributed by atoms with van der Waals surface area (Å²) < 4.78 is 11.1. The number of amides is 1. The maximum absolute atomic E-state index is 12.3. The van der Waals surface area contributed by atoms with Crippen LogP contribution in [0.5, 0.6) is 11.5 Å². The van der Waals surface area contributed by atoms with Gasteiger partial charge in [-0.3, -0.25) is 4.79 Å². The van der Waals surface area contributed by atoms with E-state index in [0.717, 1.165) is 16.9 Å². The fourth-order valence-electron chi connectivity index (χ4n) is 2.49. The summed E-state index contributed by atoms with van der Waals surface area (Å²) in [6.45, 7) is 1.05. The average Bonchev–Trinajstić information content (AvgIpc) is 3.20. The summed E-state index contributed by atoms with van der Waals surface area (Å²) in [4.78, 5) is 12.3. The molecule has 1 aliphatic rings. The third-order valence-electron chi connectivity index (χ3n) is 3.79. The van der Waals surface area contributed by atoms with Crippen molar-refractivity contribution in [3.05, 3.63) is 63.1 Å². The van der Waals surface area contributed by atoms with Gasteiger partial charge in [-0.05, 0) is 48.0 Å². The van der Waals surface area contributed by atoms with Crippen LogP contribution in [0.15, 0.2) is 42.5 Å². The minimum Gasteiger partial charge on any atom is -0.486 e. The second-order valence-corrected chi connectivity index (χ2v) is 7.59. The lowest BCUT2D eigenvalue weighted by atomic mass is 10.2. The molecule has 2 heterocycles. The molecule has 0 unspecified atom stereocenters. The van der Waals surface area contributed by atoms with Crippen LogP contribution in [0.25, 0.3) is 11.1 Å². The van der Waals surface area contributed by atoms with E-state index in [1.54, 1.807) is 30.3 Å². The smallest absolute Gasteiger partial charge is 0.286 e. The van der Waals surface area contributed by atoms with Crippen LogP contribution < -0.4 is 14.8 Å². The zero-order valence-corrected chi connectivity index (χ0v) is 16.6. The molecule has 0 aliphatic carbocycles. The third-order valence-corrected chi connectivity index (χ3v) is 5.39. The van der Waals surface area contributed by atoms with Crippen molar-refractivity contribution in [2.45, 2.75) is 0 Å². The Morgan fingerprint density at radius 3 is 2.54 bits per heavy atom. The van der Waals surface area contributed by atoms with Gasteiger partial charge in [0.2, 0.25) is 5.01 Å². The van der Waals surface area contributed by atoms with E-state index in [9.17, 15) is 4.79 Å². The Hall–Kier alpha value is -2.61. The average molecular weight is 434 g/mol. The summed E-state index contributed by atoms with van der Waals surface area (Å²) in [5, 5.41) is 12.3. The van der Waals surface area contributed by atoms with Crippen LogP contribution in [-0.2, 0) is 0 Å². The van der Waals surface area contributed by atoms with Crippen molar-refractivity contribution in [1.29, 1.82) is 0 Å². The van der Waals surface area contributed by atoms with Gasteiger partial charge in [0.15, 0.2) is 16.5 Å². The standard InChI is InChI=1S/C19H13Cl2N3O3S/c20-12-2-4-13(5-3-12)22-17(25)19-24-23-18(28-19)14(21)9-11-1-6-15-16(10-11)27-8-7-26-15/h1-6,9-10H,7-8H2,(H,22,25)/b14-9+. The summed E-state index contributed by atoms with van der Waals surface area (Å²) in [7, 11) is 0. The van der Waals surface area contributed by atoms with E-state index in [-0.39, 0.29) is 10.9 Å². The molecule has 142 valence electrons. The highest BCUT2D eigenvalue weighted by Gasteiger charge is 2.16. The van der Waals surface area contributed by atoms with Gasteiger partial charge in [-0.2, -0.15) is 0 Å². The number of nitrogens with one attached hydrogen (secondary N) is 1. The Morgan fingerprint density at radius 1 is 1.04 bits per heavy atom. The fourth-order valence-corrected chi connectivity index (χ4v) is 3.54. The lowest BCUT2D eigenvalue weighted by Gasteiger charge is -2.18. The second kappa shape index (κ2) is 8.18. The van der Waals surface area contributed by atoms with Crippen molar-refractivity contribution in [3.8, 4) is 11.5 Å². The van der Waals surface area contributed by atoms with Crippen LogP contribution in [0.1, 0.15) is 20.4 Å². The zero-order chi connectivity index (χ0) is 19.5. The number of hydrogen-bond donors (Lipinski definition) is 1. The molecule has 9 heteroatoms. The molecule has 0 fully saturated rings. The number of carbonyl (C=O) groups excluding carboxylic acids is 1. The van der Waals surface area contributed by atoms with Gasteiger partial charge in [-0.15, -0.1) is 10.2 Å². The number of benzene rings is 2. The summed E-state index contributed by atoms with van der Waals surface area (Å²) >= 11 is 13.3. The van der Waals surface area contributed by atoms with E-state index in [4.69, 9.17) is 32.7 Å². The number of nitrogens with zero attached hydrogens (tertiary/aromatic N) is 2. The van der Waals surface area contributed by atoms with Crippen LogP contribution in [0, 0.1) is 0 Å². The largest absolute Gasteiger partial charge is 0.486 e. The van der Waals surface area contributed by atoms with E-state index in [0.29, 0.717) is 45.5 Å². The monoisotopic (exact) mass is 433 g/mol. The van der Waals surface area contributed by atoms with Crippen molar-refractivity contribution in [2.75, 3.05) is 18.5 Å². The molecule has 1 amide bonds. The zero-order valence-electron chi connectivity index (χ0n) is 14.3. The first-order valence-corrected chi connectivity index (χ1v) is 9.83. The number of rotatable bonds is 4. The Labute approximate surface area is 174 Å². The lowest BCUT2D eigenvalue weighted by molar-refractivity contribution is 0.102. The highest BCUT2D eigenvalue weighted by atomic mass is 35.5. The molecule has 1 N–H and O–H groups in total. The SMILES string of the molecule is O=C(Nc1ccc(Cl)cc1)c1nnc(/C(Cl)=C\c2ccc3c(c2)OCCO3)s1. The number of hydrogen-bond acceptors (Lipinski definition) is 6. The van der Waals surface area contributed by atoms with Gasteiger partial charge >= 0.3 is 0 Å². The van der Waals surface area contributed by atoms with Crippen LogP contribution in [0.2, 0.25) is 5.02 Å². The van der Waals surface area contributed by atoms with Crippen LogP contribution in [-0.4, -0.2) is 29.3 Å². The number of anilines is 1. The van der Waals surface area contributed by atoms with Gasteiger partial charge in [0.05, 0.1) is 5.03 Å². The maximum Gasteiger partial charge on any atom is 0.286 e. The third kappa shape index (κ3) is 4.27. The normalized spacial score (nSPS) is 13.3. The van der Waals surface area contributed by atoms with Crippen molar-refractivity contribution in [2.24, 2.45) is 0 Å². The quantitative estimate of drug-likeness (QED) is 0.629. The predicted octanol–water partition coefficient (Wildman–Crippen LogP) is 4.95. The molecule has 0 saturated carbocycles. The molecule has 0 bridgehead atoms. The van der Waals surface area contributed by atoms with Crippen LogP contribution in [0.4, 0.5) is 5.69 Å². The number of aromatic nitrogens is 2. The van der Waals surface area contributed by atoms with Gasteiger partial charge in [-0.25, -0.2) is 0 Å². The fraction of sp³-hybridized carbons (Fsp3) is 0.105. The van der Waals surface area contributed by atoms with E-state index < -0.39 is 0 Å². The molecule has 6 nitrogen and oxygen atoms in total. The molecule has 2 aromatic carbocycles. The molecule has 0 saturated heterocycles. The van der Waals surface area contributed by atoms with Crippen LogP contribution >= 0.6 is 34.5 Å². The molecular weight excluding hydrogens is 421 g/mol. The summed E-state index contributed by atoms with van der Waals surface area (Å²) in [5.41, 5.74) is 1.45. The number of ether oxygens (including phenoxy) is 2. The van der Waals surface area contributed by atoms with E-state index in [2.05, 4.69) is 15.5 Å². The topological polar surface area (TPSA) is 73.3 Å². The number of fused-ring (bicyclic) bond motifs is 1. The van der Waals surface area contributed by atoms with Crippen molar-refractivity contribution >= 4 is 57.2 Å². The molecule has 0 atom stereocenters. The van der Waals surface area contributed by atoms with Crippen molar-refractivity contribution in [1.82, 2.24) is 10.2 Å². The highest BCUT2D eigenvalue weighted by molar-refractivity contribution is 7.15. The second-order valence-electron chi connectivity index (χ2n) is 5.77. The molecule has 1 aliphatic heterocycles. The summed E-state index contributed by atoms with van der Waals surface area (Å²) in [6.07, 6.45) is 1.74. The van der Waals surface area contributed by atoms with Gasteiger partial charge < -0.3 is 14.8 Å². The first kappa shape index (κ1) is 18.7. The van der Waals surface area contributed by atoms with Gasteiger partial charge in [-0.1, -0.05) is 40.6 Å². The molecule has 3 aromatic rings. The first-order valence-electron chi connectivity index (χ1n) is 8.26. The van der Waals surface area contributed by atoms with E-state index >= 15 is 0 Å².